The molecule has 140 valence electrons. The molecule has 1 fully saturated rings. The highest BCUT2D eigenvalue weighted by atomic mass is 79.9. The van der Waals surface area contributed by atoms with E-state index in [4.69, 9.17) is 0 Å². The topological polar surface area (TPSA) is 70.6 Å². The van der Waals surface area contributed by atoms with Crippen molar-refractivity contribution in [2.45, 2.75) is 32.1 Å². The Bertz CT molecular complexity index is 810. The Morgan fingerprint density at radius 2 is 1.63 bits per heavy atom. The van der Waals surface area contributed by atoms with E-state index in [1.54, 1.807) is 30.5 Å². The van der Waals surface area contributed by atoms with Crippen molar-refractivity contribution in [3.8, 4) is 0 Å². The van der Waals surface area contributed by atoms with Crippen LogP contribution in [-0.4, -0.2) is 18.0 Å². The van der Waals surface area contributed by atoms with Gasteiger partial charge in [0.2, 0.25) is 5.91 Å². The first-order valence-corrected chi connectivity index (χ1v) is 9.91. The molecule has 27 heavy (non-hydrogen) atoms. The van der Waals surface area contributed by atoms with Gasteiger partial charge in [-0.15, -0.1) is 0 Å². The molecule has 0 bridgehead atoms. The maximum absolute atomic E-state index is 12.3. The number of hydrazone groups is 1. The highest BCUT2D eigenvalue weighted by Gasteiger charge is 2.21. The van der Waals surface area contributed by atoms with Crippen LogP contribution in [0, 0.1) is 5.92 Å². The van der Waals surface area contributed by atoms with Gasteiger partial charge in [-0.05, 0) is 54.8 Å². The molecule has 0 radical (unpaired) electrons. The van der Waals surface area contributed by atoms with Gasteiger partial charge < -0.3 is 5.32 Å². The Kier molecular flexibility index (Phi) is 6.76. The van der Waals surface area contributed by atoms with E-state index in [0.717, 1.165) is 35.7 Å². The highest BCUT2D eigenvalue weighted by molar-refractivity contribution is 9.10. The van der Waals surface area contributed by atoms with Crippen molar-refractivity contribution in [2.75, 3.05) is 5.32 Å². The summed E-state index contributed by atoms with van der Waals surface area (Å²) in [7, 11) is 0. The predicted octanol–water partition coefficient (Wildman–Crippen LogP) is 4.73. The molecule has 1 aliphatic carbocycles. The molecule has 5 nitrogen and oxygen atoms in total. The lowest BCUT2D eigenvalue weighted by Gasteiger charge is -2.20. The minimum atomic E-state index is -0.298. The van der Waals surface area contributed by atoms with Crippen LogP contribution in [0.15, 0.2) is 58.1 Å². The third-order valence-electron chi connectivity index (χ3n) is 4.64. The molecule has 0 spiro atoms. The van der Waals surface area contributed by atoms with Crippen molar-refractivity contribution in [1.82, 2.24) is 5.43 Å². The van der Waals surface area contributed by atoms with Gasteiger partial charge in [0.05, 0.1) is 6.21 Å². The number of nitrogens with zero attached hydrogens (tertiary/aromatic N) is 1. The van der Waals surface area contributed by atoms with Crippen molar-refractivity contribution in [2.24, 2.45) is 11.0 Å². The van der Waals surface area contributed by atoms with Crippen molar-refractivity contribution in [3.05, 3.63) is 64.1 Å². The second kappa shape index (κ2) is 9.46. The number of nitrogens with one attached hydrogen (secondary N) is 2. The van der Waals surface area contributed by atoms with Gasteiger partial charge in [-0.1, -0.05) is 47.3 Å². The monoisotopic (exact) mass is 427 g/mol. The lowest BCUT2D eigenvalue weighted by molar-refractivity contribution is -0.120. The Morgan fingerprint density at radius 3 is 2.30 bits per heavy atom. The second-order valence-corrected chi connectivity index (χ2v) is 7.57. The molecular weight excluding hydrogens is 406 g/mol. The predicted molar refractivity (Wildman–Crippen MR) is 111 cm³/mol. The summed E-state index contributed by atoms with van der Waals surface area (Å²) < 4.78 is 0.986. The highest BCUT2D eigenvalue weighted by Crippen LogP contribution is 2.25. The largest absolute Gasteiger partial charge is 0.326 e. The molecular formula is C21H22BrN3O2. The third kappa shape index (κ3) is 5.76. The minimum absolute atomic E-state index is 0.0750. The van der Waals surface area contributed by atoms with Crippen molar-refractivity contribution < 1.29 is 9.59 Å². The normalized spacial score (nSPS) is 14.9. The number of halogens is 1. The first-order chi connectivity index (χ1) is 13.1. The van der Waals surface area contributed by atoms with Crippen LogP contribution in [0.5, 0.6) is 0 Å². The molecule has 3 rings (SSSR count). The fourth-order valence-corrected chi connectivity index (χ4v) is 3.36. The summed E-state index contributed by atoms with van der Waals surface area (Å²) in [5, 5.41) is 6.91. The maximum atomic E-state index is 12.3. The zero-order valence-corrected chi connectivity index (χ0v) is 16.5. The van der Waals surface area contributed by atoms with Crippen LogP contribution in [0.2, 0.25) is 0 Å². The lowest BCUT2D eigenvalue weighted by Crippen LogP contribution is -2.24. The number of hydrogen-bond donors (Lipinski definition) is 2. The Hall–Kier alpha value is -2.47. The SMILES string of the molecule is O=C(N/N=C/c1ccc(Br)cc1)c1ccc(NC(=O)C2CCCCC2)cc1. The molecule has 0 aromatic heterocycles. The van der Waals surface area contributed by atoms with Gasteiger partial charge >= 0.3 is 0 Å². The van der Waals surface area contributed by atoms with E-state index in [1.165, 1.54) is 6.42 Å². The van der Waals surface area contributed by atoms with E-state index in [9.17, 15) is 9.59 Å². The first-order valence-electron chi connectivity index (χ1n) is 9.12. The number of hydrogen-bond acceptors (Lipinski definition) is 3. The molecule has 6 heteroatoms. The molecule has 1 aliphatic rings. The molecule has 0 heterocycles. The zero-order chi connectivity index (χ0) is 19.1. The molecule has 0 saturated heterocycles. The Balaban J connectivity index is 1.52. The molecule has 0 unspecified atom stereocenters. The van der Waals surface area contributed by atoms with Crippen LogP contribution in [0.4, 0.5) is 5.69 Å². The maximum Gasteiger partial charge on any atom is 0.271 e. The van der Waals surface area contributed by atoms with E-state index < -0.39 is 0 Å². The molecule has 2 aromatic rings. The minimum Gasteiger partial charge on any atom is -0.326 e. The smallest absolute Gasteiger partial charge is 0.271 e. The Morgan fingerprint density at radius 1 is 0.963 bits per heavy atom. The summed E-state index contributed by atoms with van der Waals surface area (Å²) in [5.41, 5.74) is 4.59. The summed E-state index contributed by atoms with van der Waals surface area (Å²) in [5.74, 6) is -0.116. The summed E-state index contributed by atoms with van der Waals surface area (Å²) in [6.45, 7) is 0. The standard InChI is InChI=1S/C21H22BrN3O2/c22-18-10-6-15(7-11-18)14-23-25-21(27)17-8-12-19(13-9-17)24-20(26)16-4-2-1-3-5-16/h6-14,16H,1-5H2,(H,24,26)(H,25,27)/b23-14+. The zero-order valence-electron chi connectivity index (χ0n) is 15.0. The van der Waals surface area contributed by atoms with Gasteiger partial charge in [0.15, 0.2) is 0 Å². The average Bonchev–Trinajstić information content (AvgIpc) is 2.70. The number of carbonyl (C=O) groups is 2. The summed E-state index contributed by atoms with van der Waals surface area (Å²) in [6, 6.07) is 14.4. The summed E-state index contributed by atoms with van der Waals surface area (Å²) >= 11 is 3.37. The van der Waals surface area contributed by atoms with Crippen molar-refractivity contribution >= 4 is 39.6 Å². The van der Waals surface area contributed by atoms with E-state index in [0.29, 0.717) is 11.3 Å². The lowest BCUT2D eigenvalue weighted by atomic mass is 9.88. The van der Waals surface area contributed by atoms with Gasteiger partial charge in [0, 0.05) is 21.6 Å². The Labute approximate surface area is 167 Å². The first kappa shape index (κ1) is 19.3. The third-order valence-corrected chi connectivity index (χ3v) is 5.17. The van der Waals surface area contributed by atoms with Gasteiger partial charge in [-0.25, -0.2) is 5.43 Å². The van der Waals surface area contributed by atoms with Gasteiger partial charge in [0.1, 0.15) is 0 Å². The van der Waals surface area contributed by atoms with Gasteiger partial charge in [-0.2, -0.15) is 5.10 Å². The van der Waals surface area contributed by atoms with Crippen LogP contribution in [0.25, 0.3) is 0 Å². The molecule has 2 amide bonds. The molecule has 1 saturated carbocycles. The van der Waals surface area contributed by atoms with E-state index in [1.807, 2.05) is 24.3 Å². The van der Waals surface area contributed by atoms with E-state index in [2.05, 4.69) is 31.8 Å². The van der Waals surface area contributed by atoms with Crippen LogP contribution >= 0.6 is 15.9 Å². The van der Waals surface area contributed by atoms with Crippen LogP contribution < -0.4 is 10.7 Å². The summed E-state index contributed by atoms with van der Waals surface area (Å²) in [4.78, 5) is 24.4. The fraction of sp³-hybridized carbons (Fsp3) is 0.286. The van der Waals surface area contributed by atoms with Crippen LogP contribution in [0.1, 0.15) is 48.0 Å². The second-order valence-electron chi connectivity index (χ2n) is 6.65. The molecule has 2 N–H and O–H groups in total. The molecule has 0 atom stereocenters. The van der Waals surface area contributed by atoms with Crippen molar-refractivity contribution in [3.63, 3.8) is 0 Å². The average molecular weight is 428 g/mol. The van der Waals surface area contributed by atoms with Crippen molar-refractivity contribution in [1.29, 1.82) is 0 Å². The quantitative estimate of drug-likeness (QED) is 0.534. The number of anilines is 1. The molecule has 2 aromatic carbocycles. The number of amides is 2. The van der Waals surface area contributed by atoms with Crippen LogP contribution in [0.3, 0.4) is 0 Å². The van der Waals surface area contributed by atoms with E-state index >= 15 is 0 Å². The molecule has 0 aliphatic heterocycles. The number of benzene rings is 2. The fourth-order valence-electron chi connectivity index (χ4n) is 3.09. The van der Waals surface area contributed by atoms with Gasteiger partial charge in [0.25, 0.3) is 5.91 Å². The van der Waals surface area contributed by atoms with Gasteiger partial charge in [-0.3, -0.25) is 9.59 Å². The van der Waals surface area contributed by atoms with E-state index in [-0.39, 0.29) is 17.7 Å². The van der Waals surface area contributed by atoms with Crippen LogP contribution in [-0.2, 0) is 4.79 Å². The summed E-state index contributed by atoms with van der Waals surface area (Å²) in [6.07, 6.45) is 6.97. The number of carbonyl (C=O) groups excluding carboxylic acids is 2. The number of rotatable bonds is 5.